The molecule has 148 valence electrons. The third kappa shape index (κ3) is 6.77. The van der Waals surface area contributed by atoms with Crippen molar-refractivity contribution >= 4 is 5.82 Å². The molecule has 3 nitrogen and oxygen atoms in total. The molecule has 0 spiro atoms. The van der Waals surface area contributed by atoms with Gasteiger partial charge in [0.15, 0.2) is 0 Å². The average Bonchev–Trinajstić information content (AvgIpc) is 2.67. The molecule has 0 N–H and O–H groups in total. The zero-order chi connectivity index (χ0) is 19.7. The average molecular weight is 380 g/mol. The van der Waals surface area contributed by atoms with Gasteiger partial charge in [-0.2, -0.15) is 13.2 Å². The number of unbranched alkanes of at least 4 members (excludes halogenated alkanes) is 5. The topological polar surface area (TPSA) is 25.4 Å². The van der Waals surface area contributed by atoms with Crippen molar-refractivity contribution in [2.45, 2.75) is 51.7 Å². The van der Waals surface area contributed by atoms with E-state index in [1.165, 1.54) is 44.4 Å². The molecular formula is C21H27F3N2O. The Kier molecular flexibility index (Phi) is 7.95. The van der Waals surface area contributed by atoms with Gasteiger partial charge in [0.2, 0.25) is 0 Å². The highest BCUT2D eigenvalue weighted by Crippen LogP contribution is 2.27. The van der Waals surface area contributed by atoms with Crippen LogP contribution in [0.25, 0.3) is 11.1 Å². The van der Waals surface area contributed by atoms with E-state index in [4.69, 9.17) is 4.74 Å². The number of halogens is 3. The fourth-order valence-electron chi connectivity index (χ4n) is 2.70. The van der Waals surface area contributed by atoms with Crippen LogP contribution in [0, 0.1) is 0 Å². The highest BCUT2D eigenvalue weighted by Gasteiger charge is 2.35. The molecule has 0 fully saturated rings. The molecule has 2 rings (SSSR count). The Bertz CT molecular complexity index is 669. The van der Waals surface area contributed by atoms with Crippen LogP contribution >= 0.6 is 0 Å². The maximum absolute atomic E-state index is 12.7. The highest BCUT2D eigenvalue weighted by atomic mass is 19.4. The molecule has 0 unspecified atom stereocenters. The minimum atomic E-state index is -4.44. The zero-order valence-electron chi connectivity index (χ0n) is 15.9. The van der Waals surface area contributed by atoms with E-state index in [9.17, 15) is 13.2 Å². The predicted octanol–water partition coefficient (Wildman–Crippen LogP) is 6.44. The Hall–Kier alpha value is -2.24. The first-order valence-corrected chi connectivity index (χ1v) is 9.41. The van der Waals surface area contributed by atoms with E-state index in [1.54, 1.807) is 6.07 Å². The normalized spacial score (nSPS) is 11.4. The smallest absolute Gasteiger partial charge is 0.485 e. The number of anilines is 1. The lowest BCUT2D eigenvalue weighted by molar-refractivity contribution is -0.126. The van der Waals surface area contributed by atoms with Crippen LogP contribution in [0.2, 0.25) is 0 Å². The lowest BCUT2D eigenvalue weighted by Crippen LogP contribution is -2.34. The summed E-state index contributed by atoms with van der Waals surface area (Å²) in [5.41, 5.74) is 1.65. The number of alkyl halides is 3. The Labute approximate surface area is 159 Å². The third-order valence-corrected chi connectivity index (χ3v) is 4.43. The summed E-state index contributed by atoms with van der Waals surface area (Å²) in [6.45, 7) is 2.91. The largest absolute Gasteiger partial charge is 0.494 e. The van der Waals surface area contributed by atoms with Crippen molar-refractivity contribution in [1.82, 2.24) is 4.98 Å². The van der Waals surface area contributed by atoms with Gasteiger partial charge >= 0.3 is 6.30 Å². The molecule has 0 radical (unpaired) electrons. The summed E-state index contributed by atoms with van der Waals surface area (Å²) in [6.07, 6.45) is 4.32. The first-order chi connectivity index (χ1) is 12.9. The van der Waals surface area contributed by atoms with Gasteiger partial charge in [-0.1, -0.05) is 51.2 Å². The van der Waals surface area contributed by atoms with Crippen molar-refractivity contribution in [2.24, 2.45) is 0 Å². The summed E-state index contributed by atoms with van der Waals surface area (Å²) in [7, 11) is 0.956. The zero-order valence-corrected chi connectivity index (χ0v) is 15.9. The monoisotopic (exact) mass is 380 g/mol. The van der Waals surface area contributed by atoms with Crippen molar-refractivity contribution < 1.29 is 17.9 Å². The quantitative estimate of drug-likeness (QED) is 0.350. The SMILES string of the molecule is CCCCCCCCOc1ccc(-c2ccc(N(C)C(F)(F)F)nc2)cc1. The summed E-state index contributed by atoms with van der Waals surface area (Å²) in [5.74, 6) is 0.666. The van der Waals surface area contributed by atoms with Crippen LogP contribution in [0.3, 0.4) is 0 Å². The van der Waals surface area contributed by atoms with Crippen LogP contribution in [0.4, 0.5) is 19.0 Å². The lowest BCUT2D eigenvalue weighted by atomic mass is 10.1. The van der Waals surface area contributed by atoms with Crippen molar-refractivity contribution in [3.63, 3.8) is 0 Å². The van der Waals surface area contributed by atoms with Gasteiger partial charge in [0.05, 0.1) is 6.61 Å². The van der Waals surface area contributed by atoms with E-state index < -0.39 is 6.30 Å². The third-order valence-electron chi connectivity index (χ3n) is 4.43. The molecule has 1 aromatic carbocycles. The number of hydrogen-bond donors (Lipinski definition) is 0. The van der Waals surface area contributed by atoms with Crippen LogP contribution < -0.4 is 9.64 Å². The van der Waals surface area contributed by atoms with Crippen LogP contribution in [0.15, 0.2) is 42.6 Å². The van der Waals surface area contributed by atoms with E-state index in [0.717, 1.165) is 30.3 Å². The minimum Gasteiger partial charge on any atom is -0.494 e. The Morgan fingerprint density at radius 3 is 2.11 bits per heavy atom. The molecule has 27 heavy (non-hydrogen) atoms. The van der Waals surface area contributed by atoms with E-state index in [0.29, 0.717) is 6.61 Å². The van der Waals surface area contributed by atoms with E-state index in [-0.39, 0.29) is 10.7 Å². The van der Waals surface area contributed by atoms with Crippen molar-refractivity contribution in [3.05, 3.63) is 42.6 Å². The van der Waals surface area contributed by atoms with Gasteiger partial charge in [0, 0.05) is 18.8 Å². The number of benzene rings is 1. The molecule has 0 aliphatic carbocycles. The van der Waals surface area contributed by atoms with Crippen LogP contribution in [0.1, 0.15) is 45.4 Å². The van der Waals surface area contributed by atoms with Crippen molar-refractivity contribution in [1.29, 1.82) is 0 Å². The van der Waals surface area contributed by atoms with E-state index in [2.05, 4.69) is 11.9 Å². The summed E-state index contributed by atoms with van der Waals surface area (Å²) >= 11 is 0. The fourth-order valence-corrected chi connectivity index (χ4v) is 2.70. The number of rotatable bonds is 10. The molecule has 2 aromatic rings. The second-order valence-corrected chi connectivity index (χ2v) is 6.57. The van der Waals surface area contributed by atoms with Crippen LogP contribution in [-0.4, -0.2) is 24.9 Å². The van der Waals surface area contributed by atoms with Gasteiger partial charge in [-0.05, 0) is 36.2 Å². The molecule has 0 saturated heterocycles. The maximum atomic E-state index is 12.7. The van der Waals surface area contributed by atoms with Gasteiger partial charge in [-0.25, -0.2) is 4.98 Å². The molecule has 0 aliphatic rings. The first-order valence-electron chi connectivity index (χ1n) is 9.41. The molecule has 0 amide bonds. The first kappa shape index (κ1) is 21.1. The predicted molar refractivity (Wildman–Crippen MR) is 103 cm³/mol. The van der Waals surface area contributed by atoms with Crippen molar-refractivity contribution in [2.75, 3.05) is 18.6 Å². The maximum Gasteiger partial charge on any atom is 0.485 e. The van der Waals surface area contributed by atoms with Gasteiger partial charge in [-0.3, -0.25) is 4.90 Å². The van der Waals surface area contributed by atoms with E-state index in [1.807, 2.05) is 24.3 Å². The molecule has 1 heterocycles. The summed E-state index contributed by atoms with van der Waals surface area (Å²) in [6, 6.07) is 10.5. The molecule has 1 aromatic heterocycles. The lowest BCUT2D eigenvalue weighted by Gasteiger charge is -2.20. The Morgan fingerprint density at radius 2 is 1.52 bits per heavy atom. The number of pyridine rings is 1. The molecule has 0 aliphatic heterocycles. The number of aromatic nitrogens is 1. The molecule has 0 saturated carbocycles. The van der Waals surface area contributed by atoms with Crippen molar-refractivity contribution in [3.8, 4) is 16.9 Å². The van der Waals surface area contributed by atoms with Crippen LogP contribution in [-0.2, 0) is 0 Å². The van der Waals surface area contributed by atoms with Crippen LogP contribution in [0.5, 0.6) is 5.75 Å². The summed E-state index contributed by atoms with van der Waals surface area (Å²) in [5, 5.41) is 0. The minimum absolute atomic E-state index is 0.134. The summed E-state index contributed by atoms with van der Waals surface area (Å²) in [4.78, 5) is 4.10. The highest BCUT2D eigenvalue weighted by molar-refractivity contribution is 5.64. The van der Waals surface area contributed by atoms with Gasteiger partial charge in [-0.15, -0.1) is 0 Å². The number of ether oxygens (including phenoxy) is 1. The Morgan fingerprint density at radius 1 is 0.889 bits per heavy atom. The molecular weight excluding hydrogens is 353 g/mol. The van der Waals surface area contributed by atoms with Gasteiger partial charge < -0.3 is 4.74 Å². The molecule has 6 heteroatoms. The second-order valence-electron chi connectivity index (χ2n) is 6.57. The number of nitrogens with zero attached hydrogens (tertiary/aromatic N) is 2. The van der Waals surface area contributed by atoms with Gasteiger partial charge in [0.25, 0.3) is 0 Å². The second kappa shape index (κ2) is 10.2. The summed E-state index contributed by atoms with van der Waals surface area (Å²) < 4.78 is 43.8. The standard InChI is InChI=1S/C21H27F3N2O/c1-3-4-5-6-7-8-15-27-19-12-9-17(10-13-19)18-11-14-20(25-16-18)26(2)21(22,23)24/h9-14,16H,3-8,15H2,1-2H3. The van der Waals surface area contributed by atoms with E-state index >= 15 is 0 Å². The van der Waals surface area contributed by atoms with Gasteiger partial charge in [0.1, 0.15) is 11.6 Å². The Balaban J connectivity index is 1.84. The fraction of sp³-hybridized carbons (Fsp3) is 0.476. The number of hydrogen-bond acceptors (Lipinski definition) is 3. The molecule has 0 bridgehead atoms. The molecule has 0 atom stereocenters.